The van der Waals surface area contributed by atoms with Gasteiger partial charge in [-0.15, -0.1) is 0 Å². The first-order valence-electron chi connectivity index (χ1n) is 6.40. The van der Waals surface area contributed by atoms with E-state index in [1.807, 2.05) is 24.3 Å². The van der Waals surface area contributed by atoms with Gasteiger partial charge in [-0.3, -0.25) is 0 Å². The van der Waals surface area contributed by atoms with Gasteiger partial charge in [0, 0.05) is 19.8 Å². The Morgan fingerprint density at radius 2 is 1.80 bits per heavy atom. The van der Waals surface area contributed by atoms with E-state index < -0.39 is 12.8 Å². The van der Waals surface area contributed by atoms with Crippen LogP contribution in [0.1, 0.15) is 23.6 Å². The molecule has 0 aliphatic carbocycles. The number of alkyl halides is 3. The average Bonchev–Trinajstić information content (AvgIpc) is 2.40. The molecule has 0 saturated carbocycles. The fourth-order valence-electron chi connectivity index (χ4n) is 1.72. The number of methoxy groups -OCH3 is 1. The first kappa shape index (κ1) is 16.9. The average molecular weight is 291 g/mol. The minimum Gasteiger partial charge on any atom is -0.384 e. The maximum absolute atomic E-state index is 11.9. The van der Waals surface area contributed by atoms with Gasteiger partial charge in [0.2, 0.25) is 0 Å². The van der Waals surface area contributed by atoms with Crippen molar-refractivity contribution in [2.75, 3.05) is 26.9 Å². The molecule has 20 heavy (non-hydrogen) atoms. The molecule has 0 radical (unpaired) electrons. The van der Waals surface area contributed by atoms with Crippen molar-refractivity contribution < 1.29 is 22.6 Å². The summed E-state index contributed by atoms with van der Waals surface area (Å²) in [6.07, 6.45) is -3.11. The number of nitrogens with two attached hydrogens (primary N) is 1. The van der Waals surface area contributed by atoms with Crippen LogP contribution in [0.15, 0.2) is 24.3 Å². The number of benzene rings is 1. The first-order chi connectivity index (χ1) is 9.42. The monoisotopic (exact) mass is 291 g/mol. The summed E-state index contributed by atoms with van der Waals surface area (Å²) in [5, 5.41) is 0. The molecule has 0 aliphatic rings. The molecule has 0 fully saturated rings. The van der Waals surface area contributed by atoms with E-state index in [0.717, 1.165) is 17.5 Å². The van der Waals surface area contributed by atoms with Gasteiger partial charge in [-0.1, -0.05) is 24.3 Å². The normalized spacial score (nSPS) is 13.4. The van der Waals surface area contributed by atoms with Crippen molar-refractivity contribution in [2.45, 2.75) is 25.1 Å². The molecule has 0 heterocycles. The van der Waals surface area contributed by atoms with Crippen molar-refractivity contribution in [3.8, 4) is 0 Å². The van der Waals surface area contributed by atoms with Crippen LogP contribution in [0.5, 0.6) is 0 Å². The van der Waals surface area contributed by atoms with Crippen molar-refractivity contribution in [2.24, 2.45) is 5.73 Å². The molecule has 6 heteroatoms. The Labute approximate surface area is 116 Å². The molecule has 1 unspecified atom stereocenters. The number of hydrogen-bond acceptors (Lipinski definition) is 3. The minimum absolute atomic E-state index is 0.00783. The molecule has 2 N–H and O–H groups in total. The van der Waals surface area contributed by atoms with E-state index in [9.17, 15) is 13.2 Å². The first-order valence-corrected chi connectivity index (χ1v) is 6.40. The summed E-state index contributed by atoms with van der Waals surface area (Å²) in [4.78, 5) is 0. The molecule has 0 bridgehead atoms. The molecule has 0 spiro atoms. The Kier molecular flexibility index (Phi) is 6.98. The third kappa shape index (κ3) is 6.88. The highest BCUT2D eigenvalue weighted by Gasteiger charge is 2.27. The second kappa shape index (κ2) is 8.24. The zero-order valence-electron chi connectivity index (χ0n) is 11.5. The van der Waals surface area contributed by atoms with Crippen molar-refractivity contribution >= 4 is 0 Å². The lowest BCUT2D eigenvalue weighted by Gasteiger charge is -2.13. The number of halogens is 3. The maximum Gasteiger partial charge on any atom is 0.411 e. The molecule has 114 valence electrons. The Bertz CT molecular complexity index is 379. The van der Waals surface area contributed by atoms with Gasteiger partial charge in [-0.25, -0.2) is 0 Å². The minimum atomic E-state index is -4.28. The summed E-state index contributed by atoms with van der Waals surface area (Å²) in [6.45, 7) is -0.585. The van der Waals surface area contributed by atoms with Crippen LogP contribution in [0.3, 0.4) is 0 Å². The molecule has 0 aliphatic heterocycles. The highest BCUT2D eigenvalue weighted by molar-refractivity contribution is 5.25. The van der Waals surface area contributed by atoms with Crippen LogP contribution < -0.4 is 5.73 Å². The third-order valence-corrected chi connectivity index (χ3v) is 2.84. The fraction of sp³-hybridized carbons (Fsp3) is 0.571. The second-order valence-corrected chi connectivity index (χ2v) is 4.55. The number of ether oxygens (including phenoxy) is 2. The lowest BCUT2D eigenvalue weighted by molar-refractivity contribution is -0.174. The van der Waals surface area contributed by atoms with Crippen LogP contribution in [-0.2, 0) is 15.9 Å². The van der Waals surface area contributed by atoms with Gasteiger partial charge in [0.05, 0.1) is 6.61 Å². The van der Waals surface area contributed by atoms with Gasteiger partial charge in [0.25, 0.3) is 0 Å². The summed E-state index contributed by atoms with van der Waals surface area (Å²) in [5.74, 6) is 0. The third-order valence-electron chi connectivity index (χ3n) is 2.84. The van der Waals surface area contributed by atoms with Gasteiger partial charge in [-0.2, -0.15) is 13.2 Å². The lowest BCUT2D eigenvalue weighted by Crippen LogP contribution is -2.19. The Balaban J connectivity index is 2.34. The predicted octanol–water partition coefficient (Wildman–Crippen LogP) is 2.84. The van der Waals surface area contributed by atoms with E-state index in [2.05, 4.69) is 4.74 Å². The summed E-state index contributed by atoms with van der Waals surface area (Å²) in [6, 6.07) is 7.36. The van der Waals surface area contributed by atoms with Crippen LogP contribution in [0.4, 0.5) is 13.2 Å². The van der Waals surface area contributed by atoms with Gasteiger partial charge >= 0.3 is 6.18 Å². The predicted molar refractivity (Wildman–Crippen MR) is 70.4 cm³/mol. The van der Waals surface area contributed by atoms with Crippen molar-refractivity contribution in [1.29, 1.82) is 0 Å². The van der Waals surface area contributed by atoms with E-state index in [1.165, 1.54) is 0 Å². The topological polar surface area (TPSA) is 44.5 Å². The number of hydrogen-bond donors (Lipinski definition) is 1. The van der Waals surface area contributed by atoms with Crippen LogP contribution in [-0.4, -0.2) is 33.1 Å². The molecule has 1 rings (SSSR count). The van der Waals surface area contributed by atoms with Gasteiger partial charge < -0.3 is 15.2 Å². The van der Waals surface area contributed by atoms with Crippen LogP contribution in [0.25, 0.3) is 0 Å². The lowest BCUT2D eigenvalue weighted by atomic mass is 10.0. The molecule has 0 aromatic heterocycles. The van der Waals surface area contributed by atoms with Crippen molar-refractivity contribution in [1.82, 2.24) is 0 Å². The highest BCUT2D eigenvalue weighted by Crippen LogP contribution is 2.17. The van der Waals surface area contributed by atoms with E-state index in [-0.39, 0.29) is 12.6 Å². The smallest absolute Gasteiger partial charge is 0.384 e. The fourth-order valence-corrected chi connectivity index (χ4v) is 1.72. The quantitative estimate of drug-likeness (QED) is 0.749. The largest absolute Gasteiger partial charge is 0.411 e. The summed E-state index contributed by atoms with van der Waals surface area (Å²) in [7, 11) is 1.64. The molecule has 0 amide bonds. The van der Waals surface area contributed by atoms with Gasteiger partial charge in [-0.05, 0) is 24.0 Å². The summed E-state index contributed by atoms with van der Waals surface area (Å²) < 4.78 is 45.2. The van der Waals surface area contributed by atoms with E-state index in [0.29, 0.717) is 13.0 Å². The van der Waals surface area contributed by atoms with Crippen LogP contribution in [0, 0.1) is 0 Å². The molecule has 1 aromatic rings. The van der Waals surface area contributed by atoms with Crippen LogP contribution in [0.2, 0.25) is 0 Å². The highest BCUT2D eigenvalue weighted by atomic mass is 19.4. The zero-order chi connectivity index (χ0) is 15.0. The van der Waals surface area contributed by atoms with Gasteiger partial charge in [0.15, 0.2) is 0 Å². The van der Waals surface area contributed by atoms with E-state index >= 15 is 0 Å². The Hall–Kier alpha value is -1.11. The molecule has 0 saturated heterocycles. The molecule has 1 aromatic carbocycles. The van der Waals surface area contributed by atoms with Crippen LogP contribution >= 0.6 is 0 Å². The van der Waals surface area contributed by atoms with E-state index in [1.54, 1.807) is 7.11 Å². The zero-order valence-corrected chi connectivity index (χ0v) is 11.5. The Morgan fingerprint density at radius 3 is 2.35 bits per heavy atom. The van der Waals surface area contributed by atoms with Gasteiger partial charge in [0.1, 0.15) is 6.61 Å². The standard InChI is InChI=1S/C14H20F3NO2/c1-19-8-6-11-2-4-12(5-3-11)13(18)7-9-20-10-14(15,16)17/h2-5,13H,6-10,18H2,1H3. The molecular formula is C14H20F3NO2. The van der Waals surface area contributed by atoms with Crippen molar-refractivity contribution in [3.63, 3.8) is 0 Å². The van der Waals surface area contributed by atoms with E-state index in [4.69, 9.17) is 10.5 Å². The molecule has 1 atom stereocenters. The Morgan fingerprint density at radius 1 is 1.15 bits per heavy atom. The molecule has 3 nitrogen and oxygen atoms in total. The van der Waals surface area contributed by atoms with Crippen molar-refractivity contribution in [3.05, 3.63) is 35.4 Å². The summed E-state index contributed by atoms with van der Waals surface area (Å²) in [5.41, 5.74) is 7.93. The summed E-state index contributed by atoms with van der Waals surface area (Å²) >= 11 is 0. The number of rotatable bonds is 8. The second-order valence-electron chi connectivity index (χ2n) is 4.55. The maximum atomic E-state index is 11.9. The SMILES string of the molecule is COCCc1ccc(C(N)CCOCC(F)(F)F)cc1. The molecular weight excluding hydrogens is 271 g/mol.